The van der Waals surface area contributed by atoms with Crippen LogP contribution in [0.3, 0.4) is 0 Å². The summed E-state index contributed by atoms with van der Waals surface area (Å²) in [6.07, 6.45) is 14.4. The van der Waals surface area contributed by atoms with Gasteiger partial charge < -0.3 is 24.5 Å². The van der Waals surface area contributed by atoms with E-state index in [4.69, 9.17) is 0 Å². The van der Waals surface area contributed by atoms with Gasteiger partial charge in [0.05, 0.1) is 0 Å². The topological polar surface area (TPSA) is 35.6 Å². The summed E-state index contributed by atoms with van der Waals surface area (Å²) in [5, 5.41) is 0. The molecular weight excluding hydrogens is 1210 g/mol. The standard InChI is InChI=1S/3C13H26N2.2C12H24N2.C12H23N.6C2H6.CH4/c2*1-11(2)14-7-5-13(6-8-14)9-15(10-13)12(3)4;1-11(2)14-7-5-6-13(8-14)9-15(10-13)12(3)4;2*1-10(2)13-6-5-12(7-13)8-14(9-12)11(3)4;1-9(2)11-5-12(6-11)7-13(8-12)10(3)4;6*1-2;/h3*11-12H,5-10H2,1-4H3;2*10-11H,5-9H2,1-4H3;9-11H,5-8H2,1-4H3;6*1-2H3;1H4. The Morgan fingerprint density at radius 2 is 0.354 bits per heavy atom. The highest BCUT2D eigenvalue weighted by Crippen LogP contribution is 2.55. The molecule has 0 bridgehead atoms. The van der Waals surface area contributed by atoms with E-state index >= 15 is 0 Å². The lowest BCUT2D eigenvalue weighted by Crippen LogP contribution is -2.64. The molecule has 11 heterocycles. The van der Waals surface area contributed by atoms with Crippen LogP contribution in [0.4, 0.5) is 0 Å². The van der Waals surface area contributed by atoms with Crippen molar-refractivity contribution in [1.82, 2.24) is 53.9 Å². The maximum atomic E-state index is 2.67. The van der Waals surface area contributed by atoms with Gasteiger partial charge in [-0.1, -0.05) is 104 Å². The Morgan fingerprint density at radius 1 is 0.192 bits per heavy atom. The van der Waals surface area contributed by atoms with Gasteiger partial charge in [-0.25, -0.2) is 0 Å². The lowest BCUT2D eigenvalue weighted by Gasteiger charge is -2.61. The first-order chi connectivity index (χ1) is 46.1. The fraction of sp³-hybridized carbons (Fsp3) is 1.00. The summed E-state index contributed by atoms with van der Waals surface area (Å²) in [5.41, 5.74) is 4.19. The predicted molar refractivity (Wildman–Crippen MR) is 448 cm³/mol. The van der Waals surface area contributed by atoms with E-state index in [1.54, 1.807) is 0 Å². The van der Waals surface area contributed by atoms with Crippen LogP contribution >= 0.6 is 0 Å². The molecule has 0 atom stereocenters. The fourth-order valence-corrected chi connectivity index (χ4v) is 17.8. The van der Waals surface area contributed by atoms with Crippen LogP contribution in [0.25, 0.3) is 0 Å². The molecule has 12 fully saturated rings. The van der Waals surface area contributed by atoms with Gasteiger partial charge >= 0.3 is 0 Å². The van der Waals surface area contributed by atoms with E-state index in [9.17, 15) is 0 Å². The molecule has 0 unspecified atom stereocenters. The molecule has 99 heavy (non-hydrogen) atoms. The summed E-state index contributed by atoms with van der Waals surface area (Å²) in [6, 6.07) is 8.18. The summed E-state index contributed by atoms with van der Waals surface area (Å²) in [4.78, 5) is 28.9. The van der Waals surface area contributed by atoms with E-state index in [1.165, 1.54) is 208 Å². The average Bonchev–Trinajstić information content (AvgIpc) is 1.48. The van der Waals surface area contributed by atoms with Crippen molar-refractivity contribution in [2.24, 2.45) is 44.3 Å². The smallest absolute Gasteiger partial charge is 0.00972 e. The third kappa shape index (κ3) is 28.9. The van der Waals surface area contributed by atoms with Crippen molar-refractivity contribution in [3.05, 3.63) is 0 Å². The molecule has 596 valence electrons. The van der Waals surface area contributed by atoms with Gasteiger partial charge in [0.25, 0.3) is 0 Å². The summed E-state index contributed by atoms with van der Waals surface area (Å²) in [5.74, 6) is 1.95. The minimum absolute atomic E-state index is 0. The molecule has 1 saturated carbocycles. The molecule has 0 radical (unpaired) electrons. The van der Waals surface area contributed by atoms with Crippen LogP contribution in [0.2, 0.25) is 0 Å². The van der Waals surface area contributed by atoms with Crippen LogP contribution in [0.1, 0.15) is 321 Å². The Labute approximate surface area is 626 Å². The number of likely N-dealkylation sites (tertiary alicyclic amines) is 11. The van der Waals surface area contributed by atoms with Crippen molar-refractivity contribution in [2.75, 3.05) is 144 Å². The molecular formula is C88H189N11. The molecule has 11 nitrogen and oxygen atoms in total. The van der Waals surface area contributed by atoms with Crippen LogP contribution in [-0.4, -0.2) is 264 Å². The van der Waals surface area contributed by atoms with Crippen LogP contribution in [0, 0.1) is 44.3 Å². The Bertz CT molecular complexity index is 1830. The summed E-state index contributed by atoms with van der Waals surface area (Å²) in [7, 11) is 0. The molecule has 0 amide bonds. The number of piperidine rings is 3. The van der Waals surface area contributed by atoms with E-state index in [1.807, 2.05) is 83.1 Å². The van der Waals surface area contributed by atoms with E-state index < -0.39 is 0 Å². The fourth-order valence-electron chi connectivity index (χ4n) is 17.8. The average molecular weight is 1400 g/mol. The molecule has 0 aromatic carbocycles. The highest BCUT2D eigenvalue weighted by atomic mass is 15.3. The monoisotopic (exact) mass is 1400 g/mol. The van der Waals surface area contributed by atoms with Crippen LogP contribution < -0.4 is 0 Å². The zero-order valence-corrected chi connectivity index (χ0v) is 74.1. The second-order valence-corrected chi connectivity index (χ2v) is 36.0. The molecule has 1 aliphatic carbocycles. The Hall–Kier alpha value is -0.440. The van der Waals surface area contributed by atoms with E-state index in [0.717, 1.165) is 83.7 Å². The lowest BCUT2D eigenvalue weighted by atomic mass is 9.55. The maximum Gasteiger partial charge on any atom is 0.00972 e. The third-order valence-electron chi connectivity index (χ3n) is 25.2. The second-order valence-electron chi connectivity index (χ2n) is 36.0. The van der Waals surface area contributed by atoms with Gasteiger partial charge in [0.2, 0.25) is 0 Å². The van der Waals surface area contributed by atoms with Gasteiger partial charge in [-0.3, -0.25) is 29.4 Å². The zero-order valence-electron chi connectivity index (χ0n) is 74.1. The number of hydrogen-bond donors (Lipinski definition) is 0. The summed E-state index contributed by atoms with van der Waals surface area (Å²) < 4.78 is 0. The Balaban J connectivity index is 0.00000113. The minimum Gasteiger partial charge on any atom is -0.301 e. The Kier molecular flexibility index (Phi) is 46.5. The first kappa shape index (κ1) is 98.6. The van der Waals surface area contributed by atoms with Gasteiger partial charge in [-0.05, 0) is 290 Å². The molecule has 11 heteroatoms. The van der Waals surface area contributed by atoms with Crippen molar-refractivity contribution in [1.29, 1.82) is 0 Å². The van der Waals surface area contributed by atoms with Crippen molar-refractivity contribution < 1.29 is 0 Å². The van der Waals surface area contributed by atoms with Gasteiger partial charge in [0.15, 0.2) is 0 Å². The first-order valence-corrected chi connectivity index (χ1v) is 43.3. The predicted octanol–water partition coefficient (Wildman–Crippen LogP) is 19.8. The van der Waals surface area contributed by atoms with Crippen LogP contribution in [0.15, 0.2) is 0 Å². The minimum atomic E-state index is 0. The lowest BCUT2D eigenvalue weighted by molar-refractivity contribution is -0.117. The highest BCUT2D eigenvalue weighted by molar-refractivity contribution is 5.07. The molecule has 11 aliphatic heterocycles. The van der Waals surface area contributed by atoms with Gasteiger partial charge in [0.1, 0.15) is 0 Å². The molecule has 0 aromatic rings. The van der Waals surface area contributed by atoms with Gasteiger partial charge in [-0.15, -0.1) is 0 Å². The molecule has 6 spiro atoms. The van der Waals surface area contributed by atoms with Crippen LogP contribution in [0.5, 0.6) is 0 Å². The van der Waals surface area contributed by atoms with Gasteiger partial charge in [0, 0.05) is 181 Å². The quantitative estimate of drug-likeness (QED) is 0.188. The van der Waals surface area contributed by atoms with E-state index in [2.05, 4.69) is 220 Å². The number of hydrogen-bond acceptors (Lipinski definition) is 11. The van der Waals surface area contributed by atoms with Crippen molar-refractivity contribution in [3.63, 3.8) is 0 Å². The van der Waals surface area contributed by atoms with E-state index in [-0.39, 0.29) is 7.43 Å². The number of nitrogens with zero attached hydrogens (tertiary/aromatic N) is 11. The zero-order chi connectivity index (χ0) is 75.5. The summed E-state index contributed by atoms with van der Waals surface area (Å²) in [6.45, 7) is 109. The highest BCUT2D eigenvalue weighted by Gasteiger charge is 2.54. The molecule has 11 saturated heterocycles. The summed E-state index contributed by atoms with van der Waals surface area (Å²) >= 11 is 0. The Morgan fingerprint density at radius 3 is 0.556 bits per heavy atom. The molecule has 12 rings (SSSR count). The molecule has 12 aliphatic rings. The maximum absolute atomic E-state index is 2.67. The normalized spacial score (nSPS) is 24.5. The molecule has 0 aromatic heterocycles. The SMILES string of the molecule is C.CC.CC.CC.CC.CC.CC.CC(C)C1CC2(C1)CN(C(C)C)C2.CC(C)N1CCC2(C1)CN(C(C)C)C2.CC(C)N1CCC2(C1)CN(C(C)C)C2.CC(C)N1CCC2(CC1)CN(C(C)C)C2.CC(C)N1CCC2(CC1)CN(C(C)C)C2.CC(C)N1CCCC2(C1)CN(C(C)C)C2. The third-order valence-corrected chi connectivity index (χ3v) is 25.2. The first-order valence-electron chi connectivity index (χ1n) is 43.3. The van der Waals surface area contributed by atoms with Crippen LogP contribution in [-0.2, 0) is 0 Å². The van der Waals surface area contributed by atoms with Gasteiger partial charge in [-0.2, -0.15) is 0 Å². The number of rotatable bonds is 12. The van der Waals surface area contributed by atoms with Crippen molar-refractivity contribution >= 4 is 0 Å². The van der Waals surface area contributed by atoms with Crippen molar-refractivity contribution in [2.45, 2.75) is 387 Å². The van der Waals surface area contributed by atoms with Crippen molar-refractivity contribution in [3.8, 4) is 0 Å². The van der Waals surface area contributed by atoms with E-state index in [0.29, 0.717) is 27.1 Å². The second kappa shape index (κ2) is 46.7. The molecule has 0 N–H and O–H groups in total. The largest absolute Gasteiger partial charge is 0.301 e.